The van der Waals surface area contributed by atoms with Crippen molar-refractivity contribution in [3.05, 3.63) is 105 Å². The number of aromatic nitrogens is 1. The monoisotopic (exact) mass is 530 g/mol. The number of amides is 1. The van der Waals surface area contributed by atoms with Gasteiger partial charge in [-0.1, -0.05) is 46.9 Å². The highest BCUT2D eigenvalue weighted by atomic mass is 32.1. The molecule has 0 aliphatic rings. The van der Waals surface area contributed by atoms with E-state index in [0.29, 0.717) is 38.3 Å². The SMILES string of the molecule is COc1ccc2nc(N(/N=C/c3ccc([N+](=O)[O-])s3)C(=O)c3cccc(Oc4ccccc4)c3)sc2c1. The van der Waals surface area contributed by atoms with Gasteiger partial charge in [-0.15, -0.1) is 0 Å². The fourth-order valence-corrected chi connectivity index (χ4v) is 5.00. The van der Waals surface area contributed by atoms with Crippen LogP contribution in [0.4, 0.5) is 10.1 Å². The van der Waals surface area contributed by atoms with Crippen LogP contribution in [0.3, 0.4) is 0 Å². The summed E-state index contributed by atoms with van der Waals surface area (Å²) < 4.78 is 12.0. The first-order valence-corrected chi connectivity index (χ1v) is 12.5. The summed E-state index contributed by atoms with van der Waals surface area (Å²) in [6, 6.07) is 24.4. The molecule has 0 atom stereocenters. The highest BCUT2D eigenvalue weighted by Crippen LogP contribution is 2.33. The molecule has 0 N–H and O–H groups in total. The van der Waals surface area contributed by atoms with E-state index in [9.17, 15) is 14.9 Å². The van der Waals surface area contributed by atoms with Crippen LogP contribution in [0.1, 0.15) is 15.2 Å². The summed E-state index contributed by atoms with van der Waals surface area (Å²) in [4.78, 5) is 29.4. The number of nitrogens with zero attached hydrogens (tertiary/aromatic N) is 4. The Labute approximate surface area is 219 Å². The van der Waals surface area contributed by atoms with Crippen molar-refractivity contribution in [1.82, 2.24) is 4.98 Å². The molecule has 1 amide bonds. The molecule has 0 saturated heterocycles. The Balaban J connectivity index is 1.51. The van der Waals surface area contributed by atoms with Gasteiger partial charge >= 0.3 is 5.00 Å². The van der Waals surface area contributed by atoms with Gasteiger partial charge in [0.25, 0.3) is 5.91 Å². The normalized spacial score (nSPS) is 11.1. The molecule has 3 aromatic carbocycles. The Morgan fingerprint density at radius 3 is 2.54 bits per heavy atom. The zero-order chi connectivity index (χ0) is 25.8. The molecule has 37 heavy (non-hydrogen) atoms. The van der Waals surface area contributed by atoms with E-state index in [1.165, 1.54) is 28.6 Å². The molecule has 5 aromatic rings. The van der Waals surface area contributed by atoms with Crippen LogP contribution in [-0.2, 0) is 0 Å². The summed E-state index contributed by atoms with van der Waals surface area (Å²) in [5.74, 6) is 1.36. The number of para-hydroxylation sites is 1. The summed E-state index contributed by atoms with van der Waals surface area (Å²) in [5.41, 5.74) is 1.02. The molecule has 0 saturated carbocycles. The van der Waals surface area contributed by atoms with Crippen LogP contribution in [0.5, 0.6) is 17.2 Å². The fraction of sp³-hybridized carbons (Fsp3) is 0.0385. The number of thiophene rings is 1. The molecule has 2 heterocycles. The molecule has 9 nitrogen and oxygen atoms in total. The van der Waals surface area contributed by atoms with Crippen molar-refractivity contribution in [2.45, 2.75) is 0 Å². The van der Waals surface area contributed by atoms with Gasteiger partial charge in [0.2, 0.25) is 5.13 Å². The predicted octanol–water partition coefficient (Wildman–Crippen LogP) is 6.75. The molecular formula is C26H18N4O5S2. The predicted molar refractivity (Wildman–Crippen MR) is 145 cm³/mol. The number of nitro groups is 1. The van der Waals surface area contributed by atoms with Crippen LogP contribution in [0.25, 0.3) is 10.2 Å². The van der Waals surface area contributed by atoms with Gasteiger partial charge in [-0.3, -0.25) is 14.9 Å². The first-order valence-electron chi connectivity index (χ1n) is 10.9. The first-order chi connectivity index (χ1) is 18.0. The third-order valence-electron chi connectivity index (χ3n) is 5.11. The van der Waals surface area contributed by atoms with Crippen LogP contribution in [0.2, 0.25) is 0 Å². The third-order valence-corrected chi connectivity index (χ3v) is 7.08. The maximum atomic E-state index is 13.7. The average Bonchev–Trinajstić information content (AvgIpc) is 3.56. The number of hydrogen-bond donors (Lipinski definition) is 0. The number of fused-ring (bicyclic) bond motifs is 1. The van der Waals surface area contributed by atoms with E-state index in [4.69, 9.17) is 9.47 Å². The van der Waals surface area contributed by atoms with Crippen LogP contribution < -0.4 is 14.5 Å². The van der Waals surface area contributed by atoms with Gasteiger partial charge in [-0.25, -0.2) is 4.98 Å². The van der Waals surface area contributed by atoms with E-state index < -0.39 is 10.8 Å². The minimum absolute atomic E-state index is 0.0165. The second-order valence-corrected chi connectivity index (χ2v) is 9.67. The van der Waals surface area contributed by atoms with Gasteiger partial charge in [0.05, 0.1) is 33.3 Å². The Kier molecular flexibility index (Phi) is 6.88. The highest BCUT2D eigenvalue weighted by molar-refractivity contribution is 7.22. The molecule has 0 radical (unpaired) electrons. The summed E-state index contributed by atoms with van der Waals surface area (Å²) in [6.07, 6.45) is 1.41. The lowest BCUT2D eigenvalue weighted by molar-refractivity contribution is -0.380. The molecule has 2 aromatic heterocycles. The number of anilines is 1. The topological polar surface area (TPSA) is 107 Å². The lowest BCUT2D eigenvalue weighted by Gasteiger charge is -2.14. The maximum absolute atomic E-state index is 13.7. The van der Waals surface area contributed by atoms with Gasteiger partial charge in [-0.05, 0) is 54.6 Å². The second kappa shape index (κ2) is 10.6. The molecule has 0 aliphatic heterocycles. The average molecular weight is 531 g/mol. The van der Waals surface area contributed by atoms with Gasteiger partial charge in [0.1, 0.15) is 17.2 Å². The van der Waals surface area contributed by atoms with E-state index in [1.54, 1.807) is 49.6 Å². The number of carbonyl (C=O) groups is 1. The Morgan fingerprint density at radius 1 is 0.973 bits per heavy atom. The summed E-state index contributed by atoms with van der Waals surface area (Å²) in [7, 11) is 1.58. The number of hydrogen-bond acceptors (Lipinski definition) is 9. The molecule has 0 fully saturated rings. The first kappa shape index (κ1) is 24.1. The van der Waals surface area contributed by atoms with Crippen LogP contribution in [-0.4, -0.2) is 29.1 Å². The number of rotatable bonds is 8. The Morgan fingerprint density at radius 2 is 1.78 bits per heavy atom. The number of thiazole rings is 1. The quantitative estimate of drug-likeness (QED) is 0.125. The third kappa shape index (κ3) is 5.47. The number of carbonyl (C=O) groups excluding carboxylic acids is 1. The summed E-state index contributed by atoms with van der Waals surface area (Å²) >= 11 is 2.23. The maximum Gasteiger partial charge on any atom is 0.324 e. The van der Waals surface area contributed by atoms with Crippen LogP contribution in [0.15, 0.2) is 90.0 Å². The zero-order valence-corrected chi connectivity index (χ0v) is 20.9. The smallest absolute Gasteiger partial charge is 0.324 e. The van der Waals surface area contributed by atoms with Crippen molar-refractivity contribution >= 4 is 55.1 Å². The van der Waals surface area contributed by atoms with Gasteiger partial charge in [0.15, 0.2) is 0 Å². The van der Waals surface area contributed by atoms with Crippen molar-refractivity contribution in [3.63, 3.8) is 0 Å². The molecule has 11 heteroatoms. The molecular weight excluding hydrogens is 512 g/mol. The minimum atomic E-state index is -0.468. The molecule has 184 valence electrons. The zero-order valence-electron chi connectivity index (χ0n) is 19.3. The molecule has 5 rings (SSSR count). The molecule has 0 unspecified atom stereocenters. The van der Waals surface area contributed by atoms with Crippen molar-refractivity contribution in [2.75, 3.05) is 12.1 Å². The van der Waals surface area contributed by atoms with E-state index in [-0.39, 0.29) is 5.00 Å². The summed E-state index contributed by atoms with van der Waals surface area (Å²) in [6.45, 7) is 0. The van der Waals surface area contributed by atoms with Gasteiger partial charge < -0.3 is 9.47 Å². The largest absolute Gasteiger partial charge is 0.497 e. The standard InChI is InChI=1S/C26H18N4O5S2/c1-34-19-10-12-22-23(15-19)37-26(28-22)29(27-16-21-11-13-24(36-21)30(32)33)25(31)17-6-5-9-20(14-17)35-18-7-3-2-4-8-18/h2-16H,1H3/b27-16+. The van der Waals surface area contributed by atoms with Crippen molar-refractivity contribution < 1.29 is 19.2 Å². The lowest BCUT2D eigenvalue weighted by atomic mass is 10.2. The minimum Gasteiger partial charge on any atom is -0.497 e. The van der Waals surface area contributed by atoms with Crippen LogP contribution >= 0.6 is 22.7 Å². The van der Waals surface area contributed by atoms with Gasteiger partial charge in [-0.2, -0.15) is 10.1 Å². The molecule has 0 aliphatic carbocycles. The van der Waals surface area contributed by atoms with E-state index >= 15 is 0 Å². The van der Waals surface area contributed by atoms with Crippen LogP contribution in [0, 0.1) is 10.1 Å². The van der Waals surface area contributed by atoms with E-state index in [0.717, 1.165) is 16.0 Å². The lowest BCUT2D eigenvalue weighted by Crippen LogP contribution is -2.25. The highest BCUT2D eigenvalue weighted by Gasteiger charge is 2.22. The van der Waals surface area contributed by atoms with Crippen molar-refractivity contribution in [2.24, 2.45) is 5.10 Å². The fourth-order valence-electron chi connectivity index (χ4n) is 3.36. The number of methoxy groups -OCH3 is 1. The number of hydrazone groups is 1. The molecule has 0 bridgehead atoms. The van der Waals surface area contributed by atoms with Gasteiger partial charge in [0, 0.05) is 11.6 Å². The molecule has 0 spiro atoms. The Hall–Kier alpha value is -4.61. The second-order valence-electron chi connectivity index (χ2n) is 7.57. The summed E-state index contributed by atoms with van der Waals surface area (Å²) in [5, 5.41) is 17.0. The van der Waals surface area contributed by atoms with Crippen molar-refractivity contribution in [1.29, 1.82) is 0 Å². The number of ether oxygens (including phenoxy) is 2. The van der Waals surface area contributed by atoms with E-state index in [2.05, 4.69) is 10.1 Å². The Bertz CT molecular complexity index is 1610. The van der Waals surface area contributed by atoms with E-state index in [1.807, 2.05) is 36.4 Å². The number of benzene rings is 3. The van der Waals surface area contributed by atoms with Crippen molar-refractivity contribution in [3.8, 4) is 17.2 Å².